The van der Waals surface area contributed by atoms with E-state index in [1.807, 2.05) is 66.7 Å². The molecule has 0 radical (unpaired) electrons. The number of carbonyl (C=O) groups excluding carboxylic acids is 3. The fraction of sp³-hybridized carbons (Fsp3) is 0.0400. The molecular formula is C25H17N3O3S. The van der Waals surface area contributed by atoms with Crippen LogP contribution in [0.1, 0.15) is 20.8 Å². The Labute approximate surface area is 187 Å². The first-order valence-corrected chi connectivity index (χ1v) is 10.8. The Hall–Kier alpha value is -4.10. The van der Waals surface area contributed by atoms with Crippen LogP contribution in [-0.4, -0.2) is 29.5 Å². The van der Waals surface area contributed by atoms with E-state index in [9.17, 15) is 14.4 Å². The molecule has 1 unspecified atom stereocenters. The fourth-order valence-electron chi connectivity index (χ4n) is 3.60. The van der Waals surface area contributed by atoms with Gasteiger partial charge in [0.25, 0.3) is 17.7 Å². The number of aliphatic imine (C=N–C) groups is 1. The number of rotatable bonds is 3. The third-order valence-electron chi connectivity index (χ3n) is 5.13. The van der Waals surface area contributed by atoms with Crippen molar-refractivity contribution in [1.82, 2.24) is 5.32 Å². The summed E-state index contributed by atoms with van der Waals surface area (Å²) >= 11 is 1.29. The average Bonchev–Trinajstić information content (AvgIpc) is 3.19. The molecule has 156 valence electrons. The van der Waals surface area contributed by atoms with Crippen LogP contribution in [0, 0.1) is 0 Å². The van der Waals surface area contributed by atoms with Crippen molar-refractivity contribution >= 4 is 50.5 Å². The van der Waals surface area contributed by atoms with Crippen LogP contribution in [0.2, 0.25) is 0 Å². The summed E-state index contributed by atoms with van der Waals surface area (Å²) < 4.78 is 0.942. The molecule has 4 aromatic rings. The maximum Gasteiger partial charge on any atom is 0.268 e. The van der Waals surface area contributed by atoms with E-state index in [0.29, 0.717) is 21.8 Å². The van der Waals surface area contributed by atoms with Crippen molar-refractivity contribution in [2.75, 3.05) is 5.32 Å². The normalized spacial score (nSPS) is 15.3. The highest BCUT2D eigenvalue weighted by molar-refractivity contribution is 7.20. The smallest absolute Gasteiger partial charge is 0.268 e. The zero-order valence-corrected chi connectivity index (χ0v) is 17.6. The van der Waals surface area contributed by atoms with Gasteiger partial charge in [-0.2, -0.15) is 0 Å². The lowest BCUT2D eigenvalue weighted by molar-refractivity contribution is -0.127. The van der Waals surface area contributed by atoms with Gasteiger partial charge in [-0.1, -0.05) is 66.7 Å². The van der Waals surface area contributed by atoms with Gasteiger partial charge in [-0.25, -0.2) is 0 Å². The number of hydrogen-bond acceptors (Lipinski definition) is 5. The minimum absolute atomic E-state index is 0.393. The molecule has 2 N–H and O–H groups in total. The maximum atomic E-state index is 13.0. The second-order valence-electron chi connectivity index (χ2n) is 7.25. The van der Waals surface area contributed by atoms with Crippen LogP contribution < -0.4 is 10.6 Å². The van der Waals surface area contributed by atoms with Crippen molar-refractivity contribution in [3.05, 3.63) is 101 Å². The minimum Gasteiger partial charge on any atom is -0.323 e. The molecule has 0 saturated heterocycles. The Kier molecular flexibility index (Phi) is 5.09. The van der Waals surface area contributed by atoms with Gasteiger partial charge in [0.1, 0.15) is 0 Å². The first-order valence-electron chi connectivity index (χ1n) is 9.97. The van der Waals surface area contributed by atoms with Crippen LogP contribution in [-0.2, 0) is 9.59 Å². The number of benzene rings is 3. The molecule has 32 heavy (non-hydrogen) atoms. The molecule has 1 aliphatic rings. The third-order valence-corrected chi connectivity index (χ3v) is 6.24. The number of para-hydroxylation sites is 1. The quantitative estimate of drug-likeness (QED) is 0.373. The molecule has 7 heteroatoms. The first-order chi connectivity index (χ1) is 15.6. The number of nitrogens with one attached hydrogen (secondary N) is 2. The summed E-state index contributed by atoms with van der Waals surface area (Å²) in [5.41, 5.74) is 2.54. The highest BCUT2D eigenvalue weighted by atomic mass is 32.1. The summed E-state index contributed by atoms with van der Waals surface area (Å²) in [5, 5.41) is 6.03. The molecule has 1 aromatic heterocycles. The van der Waals surface area contributed by atoms with Crippen LogP contribution in [0.25, 0.3) is 10.1 Å². The van der Waals surface area contributed by atoms with Gasteiger partial charge >= 0.3 is 0 Å². The topological polar surface area (TPSA) is 87.6 Å². The standard InChI is InChI=1S/C25H17N3O3S/c29-23(20-14-16-10-4-7-13-19(16)32-20)28-25(31)22-24(30)26-18-12-6-5-11-17(18)21(27-22)15-8-2-1-3-9-15/h1-14,22H,(H,26,30)(H,28,29,31). The average molecular weight is 439 g/mol. The number of fused-ring (bicyclic) bond motifs is 2. The first kappa shape index (κ1) is 19.8. The van der Waals surface area contributed by atoms with E-state index in [0.717, 1.165) is 15.6 Å². The number of hydrogen-bond donors (Lipinski definition) is 2. The van der Waals surface area contributed by atoms with Gasteiger partial charge in [0.2, 0.25) is 6.04 Å². The van der Waals surface area contributed by atoms with Gasteiger partial charge in [0.15, 0.2) is 0 Å². The number of amides is 3. The van der Waals surface area contributed by atoms with Crippen LogP contribution in [0.5, 0.6) is 0 Å². The van der Waals surface area contributed by atoms with Crippen LogP contribution >= 0.6 is 11.3 Å². The number of anilines is 1. The molecule has 5 rings (SSSR count). The summed E-state index contributed by atoms with van der Waals surface area (Å²) in [5.74, 6) is -1.92. The molecule has 0 aliphatic carbocycles. The lowest BCUT2D eigenvalue weighted by Crippen LogP contribution is -2.43. The van der Waals surface area contributed by atoms with Crippen LogP contribution in [0.3, 0.4) is 0 Å². The predicted molar refractivity (Wildman–Crippen MR) is 125 cm³/mol. The van der Waals surface area contributed by atoms with Crippen molar-refractivity contribution in [1.29, 1.82) is 0 Å². The van der Waals surface area contributed by atoms with Gasteiger partial charge < -0.3 is 5.32 Å². The summed E-state index contributed by atoms with van der Waals surface area (Å²) in [4.78, 5) is 43.5. The van der Waals surface area contributed by atoms with Crippen molar-refractivity contribution in [2.24, 2.45) is 4.99 Å². The SMILES string of the molecule is O=C(NC(=O)C1N=C(c2ccccc2)c2ccccc2NC1=O)c1cc2ccccc2s1. The molecule has 0 saturated carbocycles. The summed E-state index contributed by atoms with van der Waals surface area (Å²) in [6.07, 6.45) is 0. The van der Waals surface area contributed by atoms with E-state index in [4.69, 9.17) is 0 Å². The van der Waals surface area contributed by atoms with Crippen molar-refractivity contribution in [3.8, 4) is 0 Å². The van der Waals surface area contributed by atoms with Crippen LogP contribution in [0.4, 0.5) is 5.69 Å². The van der Waals surface area contributed by atoms with E-state index < -0.39 is 23.8 Å². The van der Waals surface area contributed by atoms with Crippen LogP contribution in [0.15, 0.2) is 89.9 Å². The fourth-order valence-corrected chi connectivity index (χ4v) is 4.55. The molecule has 1 atom stereocenters. The van der Waals surface area contributed by atoms with Gasteiger partial charge in [-0.3, -0.25) is 24.7 Å². The van der Waals surface area contributed by atoms with E-state index in [1.54, 1.807) is 18.2 Å². The maximum absolute atomic E-state index is 13.0. The number of imide groups is 1. The molecule has 3 aromatic carbocycles. The second kappa shape index (κ2) is 8.20. The van der Waals surface area contributed by atoms with Gasteiger partial charge in [0, 0.05) is 15.8 Å². The number of carbonyl (C=O) groups is 3. The Morgan fingerprint density at radius 1 is 0.906 bits per heavy atom. The Bertz CT molecular complexity index is 1360. The minimum atomic E-state index is -1.41. The number of thiophene rings is 1. The molecule has 0 fully saturated rings. The second-order valence-corrected chi connectivity index (χ2v) is 8.33. The zero-order chi connectivity index (χ0) is 22.1. The Balaban J connectivity index is 1.48. The van der Waals surface area contributed by atoms with E-state index >= 15 is 0 Å². The molecule has 0 bridgehead atoms. The third kappa shape index (κ3) is 3.70. The van der Waals surface area contributed by atoms with E-state index in [-0.39, 0.29) is 0 Å². The molecular weight excluding hydrogens is 422 g/mol. The van der Waals surface area contributed by atoms with Crippen molar-refractivity contribution in [2.45, 2.75) is 6.04 Å². The zero-order valence-electron chi connectivity index (χ0n) is 16.7. The molecule has 1 aliphatic heterocycles. The Morgan fingerprint density at radius 2 is 1.62 bits per heavy atom. The monoisotopic (exact) mass is 439 g/mol. The highest BCUT2D eigenvalue weighted by Gasteiger charge is 2.32. The molecule has 6 nitrogen and oxygen atoms in total. The molecule has 0 spiro atoms. The van der Waals surface area contributed by atoms with Gasteiger partial charge in [0.05, 0.1) is 16.3 Å². The largest absolute Gasteiger partial charge is 0.323 e. The Morgan fingerprint density at radius 3 is 2.44 bits per heavy atom. The lowest BCUT2D eigenvalue weighted by Gasteiger charge is -2.10. The van der Waals surface area contributed by atoms with Gasteiger partial charge in [-0.05, 0) is 23.6 Å². The van der Waals surface area contributed by atoms with Gasteiger partial charge in [-0.15, -0.1) is 11.3 Å². The highest BCUT2D eigenvalue weighted by Crippen LogP contribution is 2.26. The predicted octanol–water partition coefficient (Wildman–Crippen LogP) is 4.02. The number of nitrogens with zero attached hydrogens (tertiary/aromatic N) is 1. The lowest BCUT2D eigenvalue weighted by atomic mass is 10.0. The summed E-state index contributed by atoms with van der Waals surface area (Å²) in [6.45, 7) is 0. The van der Waals surface area contributed by atoms with E-state index in [2.05, 4.69) is 15.6 Å². The summed E-state index contributed by atoms with van der Waals surface area (Å²) in [7, 11) is 0. The van der Waals surface area contributed by atoms with Crippen molar-refractivity contribution in [3.63, 3.8) is 0 Å². The number of benzodiazepines with no additional fused rings is 1. The van der Waals surface area contributed by atoms with E-state index in [1.165, 1.54) is 11.3 Å². The molecule has 3 amide bonds. The van der Waals surface area contributed by atoms with Crippen molar-refractivity contribution < 1.29 is 14.4 Å². The molecule has 2 heterocycles. The summed E-state index contributed by atoms with van der Waals surface area (Å²) in [6, 6.07) is 24.5.